The van der Waals surface area contributed by atoms with Gasteiger partial charge in [0.25, 0.3) is 0 Å². The van der Waals surface area contributed by atoms with E-state index in [4.69, 9.17) is 4.98 Å². The number of hydrogen-bond donors (Lipinski definition) is 3. The summed E-state index contributed by atoms with van der Waals surface area (Å²) in [5, 5.41) is 10.1. The number of fused-ring (bicyclic) bond motifs is 1. The van der Waals surface area contributed by atoms with E-state index < -0.39 is 6.04 Å². The number of hydrogen-bond acceptors (Lipinski definition) is 7. The van der Waals surface area contributed by atoms with E-state index in [2.05, 4.69) is 53.4 Å². The van der Waals surface area contributed by atoms with Crippen LogP contribution in [0.4, 0.5) is 0 Å². The predicted molar refractivity (Wildman–Crippen MR) is 174 cm³/mol. The van der Waals surface area contributed by atoms with Crippen molar-refractivity contribution in [3.63, 3.8) is 0 Å². The summed E-state index contributed by atoms with van der Waals surface area (Å²) in [7, 11) is 0. The second-order valence-corrected chi connectivity index (χ2v) is 14.2. The molecule has 0 unspecified atom stereocenters. The Hall–Kier alpha value is -2.43. The monoisotopic (exact) mass is 613 g/mol. The molecule has 1 saturated carbocycles. The minimum atomic E-state index is -0.740. The first kappa shape index (κ1) is 32.5. The first-order valence-corrected chi connectivity index (χ1v) is 17.5. The van der Waals surface area contributed by atoms with Gasteiger partial charge in [-0.3, -0.25) is 19.3 Å². The van der Waals surface area contributed by atoms with Gasteiger partial charge in [-0.25, -0.2) is 4.98 Å². The van der Waals surface area contributed by atoms with E-state index in [1.807, 2.05) is 17.8 Å². The number of aromatic nitrogens is 1. The van der Waals surface area contributed by atoms with Gasteiger partial charge < -0.3 is 16.0 Å². The molecule has 1 aliphatic heterocycles. The number of carbonyl (C=O) groups is 3. The molecule has 10 heteroatoms. The number of benzene rings is 1. The molecule has 1 aliphatic carbocycles. The second kappa shape index (κ2) is 15.9. The second-order valence-electron chi connectivity index (χ2n) is 11.9. The molecule has 2 fully saturated rings. The van der Waals surface area contributed by atoms with E-state index >= 15 is 0 Å². The molecular formula is C32H47N5O3S2. The maximum Gasteiger partial charge on any atom is 0.247 e. The molecule has 42 heavy (non-hydrogen) atoms. The minimum Gasteiger partial charge on any atom is -0.350 e. The molecule has 3 amide bonds. The van der Waals surface area contributed by atoms with E-state index in [1.165, 1.54) is 12.0 Å². The molecular weight excluding hydrogens is 567 g/mol. The van der Waals surface area contributed by atoms with Crippen LogP contribution in [0.25, 0.3) is 10.2 Å². The van der Waals surface area contributed by atoms with Gasteiger partial charge in [0.2, 0.25) is 17.7 Å². The van der Waals surface area contributed by atoms with E-state index in [9.17, 15) is 14.4 Å². The molecule has 0 bridgehead atoms. The van der Waals surface area contributed by atoms with Crippen molar-refractivity contribution in [3.8, 4) is 0 Å². The minimum absolute atomic E-state index is 0.158. The lowest BCUT2D eigenvalue weighted by atomic mass is 9.83. The number of amides is 3. The molecule has 1 aromatic carbocycles. The Balaban J connectivity index is 1.44. The van der Waals surface area contributed by atoms with Crippen LogP contribution in [-0.4, -0.2) is 77.4 Å². The highest BCUT2D eigenvalue weighted by atomic mass is 32.2. The van der Waals surface area contributed by atoms with E-state index in [-0.39, 0.29) is 29.7 Å². The van der Waals surface area contributed by atoms with Gasteiger partial charge in [-0.05, 0) is 42.4 Å². The van der Waals surface area contributed by atoms with Gasteiger partial charge in [0.05, 0.1) is 15.2 Å². The first-order valence-electron chi connectivity index (χ1n) is 15.5. The molecule has 0 radical (unpaired) electrons. The Bertz CT molecular complexity index is 1230. The van der Waals surface area contributed by atoms with Crippen LogP contribution in [0.3, 0.4) is 0 Å². The Labute approximate surface area is 258 Å². The Morgan fingerprint density at radius 1 is 1.10 bits per heavy atom. The Kier molecular flexibility index (Phi) is 12.3. The Morgan fingerprint density at radius 3 is 2.52 bits per heavy atom. The maximum absolute atomic E-state index is 13.8. The summed E-state index contributed by atoms with van der Waals surface area (Å²) in [5.74, 6) is 2.29. The fraction of sp³-hybridized carbons (Fsp3) is 0.625. The van der Waals surface area contributed by atoms with Crippen LogP contribution >= 0.6 is 23.1 Å². The quantitative estimate of drug-likeness (QED) is 0.285. The lowest BCUT2D eigenvalue weighted by Gasteiger charge is -2.32. The topological polar surface area (TPSA) is 103 Å². The third-order valence-corrected chi connectivity index (χ3v) is 10.3. The van der Waals surface area contributed by atoms with Crippen molar-refractivity contribution in [3.05, 3.63) is 40.9 Å². The van der Waals surface area contributed by atoms with Crippen LogP contribution in [0.15, 0.2) is 30.4 Å². The molecule has 230 valence electrons. The van der Waals surface area contributed by atoms with Gasteiger partial charge in [0.15, 0.2) is 0 Å². The van der Waals surface area contributed by atoms with Crippen LogP contribution in [0.5, 0.6) is 0 Å². The van der Waals surface area contributed by atoms with E-state index in [1.54, 1.807) is 18.3 Å². The molecule has 4 rings (SSSR count). The standard InChI is InChI=1S/C32H47N5O3S2/c1-5-29(38)34-26(18-30-35-25-12-11-24(21(2)3)17-28(25)42-30)32(40)36-27(23-9-7-6-8-10-23)19-33-31(39)22(4)20-37-13-15-41-16-14-37/h11-12,17,21,23,26-27H,4-10,13-16,18-20H2,1-3H3,(H,33,39)(H,34,38)(H,36,40)/t26-,27+/m0/s1. The summed E-state index contributed by atoms with van der Waals surface area (Å²) in [6.07, 6.45) is 6.06. The predicted octanol–water partition coefficient (Wildman–Crippen LogP) is 4.64. The van der Waals surface area contributed by atoms with Gasteiger partial charge in [-0.15, -0.1) is 11.3 Å². The van der Waals surface area contributed by atoms with E-state index in [0.29, 0.717) is 37.4 Å². The van der Waals surface area contributed by atoms with Gasteiger partial charge in [-0.1, -0.05) is 52.7 Å². The Morgan fingerprint density at radius 2 is 1.83 bits per heavy atom. The number of thioether (sulfide) groups is 1. The van der Waals surface area contributed by atoms with Crippen molar-refractivity contribution in [2.24, 2.45) is 5.92 Å². The van der Waals surface area contributed by atoms with Crippen LogP contribution in [-0.2, 0) is 20.8 Å². The SMILES string of the molecule is C=C(CN1CCSCC1)C(=O)NC[C@@H](NC(=O)[C@H](Cc1nc2ccc(C(C)C)cc2s1)NC(=O)CC)C1CCCCC1. The molecule has 3 N–H and O–H groups in total. The highest BCUT2D eigenvalue weighted by Crippen LogP contribution is 2.28. The highest BCUT2D eigenvalue weighted by Gasteiger charge is 2.30. The van der Waals surface area contributed by atoms with Gasteiger partial charge in [0.1, 0.15) is 6.04 Å². The lowest BCUT2D eigenvalue weighted by Crippen LogP contribution is -2.55. The third kappa shape index (κ3) is 9.28. The fourth-order valence-corrected chi connectivity index (χ4v) is 7.74. The van der Waals surface area contributed by atoms with Crippen molar-refractivity contribution in [1.82, 2.24) is 25.8 Å². The molecule has 0 spiro atoms. The maximum atomic E-state index is 13.8. The van der Waals surface area contributed by atoms with Crippen LogP contribution in [0, 0.1) is 5.92 Å². The fourth-order valence-electron chi connectivity index (χ4n) is 5.70. The van der Waals surface area contributed by atoms with E-state index in [0.717, 1.165) is 65.5 Å². The number of rotatable bonds is 13. The van der Waals surface area contributed by atoms with Crippen molar-refractivity contribution in [2.75, 3.05) is 37.7 Å². The normalized spacial score (nSPS) is 18.0. The van der Waals surface area contributed by atoms with Gasteiger partial charge in [-0.2, -0.15) is 11.8 Å². The summed E-state index contributed by atoms with van der Waals surface area (Å²) in [4.78, 5) is 46.3. The van der Waals surface area contributed by atoms with Crippen LogP contribution < -0.4 is 16.0 Å². The largest absolute Gasteiger partial charge is 0.350 e. The average molecular weight is 614 g/mol. The molecule has 2 heterocycles. The number of nitrogens with one attached hydrogen (secondary N) is 3. The van der Waals surface area contributed by atoms with Crippen LogP contribution in [0.2, 0.25) is 0 Å². The summed E-state index contributed by atoms with van der Waals surface area (Å²) in [6.45, 7) is 13.0. The molecule has 2 aromatic rings. The van der Waals surface area contributed by atoms with Crippen molar-refractivity contribution < 1.29 is 14.4 Å². The summed E-state index contributed by atoms with van der Waals surface area (Å²) < 4.78 is 1.09. The average Bonchev–Trinajstić information content (AvgIpc) is 3.41. The van der Waals surface area contributed by atoms with Crippen molar-refractivity contribution in [1.29, 1.82) is 0 Å². The molecule has 1 aromatic heterocycles. The molecule has 2 atom stereocenters. The smallest absolute Gasteiger partial charge is 0.247 e. The number of nitrogens with zero attached hydrogens (tertiary/aromatic N) is 2. The van der Waals surface area contributed by atoms with Crippen molar-refractivity contribution in [2.45, 2.75) is 83.7 Å². The number of carbonyl (C=O) groups excluding carboxylic acids is 3. The molecule has 2 aliphatic rings. The first-order chi connectivity index (χ1) is 20.2. The zero-order chi connectivity index (χ0) is 30.1. The zero-order valence-electron chi connectivity index (χ0n) is 25.4. The summed E-state index contributed by atoms with van der Waals surface area (Å²) in [5.41, 5.74) is 2.72. The number of thiazole rings is 1. The molecule has 8 nitrogen and oxygen atoms in total. The molecule has 1 saturated heterocycles. The third-order valence-electron chi connectivity index (χ3n) is 8.34. The van der Waals surface area contributed by atoms with Crippen molar-refractivity contribution >= 4 is 51.0 Å². The summed E-state index contributed by atoms with van der Waals surface area (Å²) in [6, 6.07) is 5.34. The summed E-state index contributed by atoms with van der Waals surface area (Å²) >= 11 is 3.51. The highest BCUT2D eigenvalue weighted by molar-refractivity contribution is 7.99. The van der Waals surface area contributed by atoms with Crippen LogP contribution in [0.1, 0.15) is 75.8 Å². The van der Waals surface area contributed by atoms with Gasteiger partial charge in [0, 0.05) is 62.1 Å². The lowest BCUT2D eigenvalue weighted by molar-refractivity contribution is -0.129. The van der Waals surface area contributed by atoms with Gasteiger partial charge >= 0.3 is 0 Å². The zero-order valence-corrected chi connectivity index (χ0v) is 27.0.